The van der Waals surface area contributed by atoms with E-state index < -0.39 is 7.42 Å². The number of hydrogen-bond donors (Lipinski definition) is 0. The van der Waals surface area contributed by atoms with E-state index in [1.54, 1.807) is 0 Å². The van der Waals surface area contributed by atoms with Gasteiger partial charge in [0.05, 0.1) is 0 Å². The Morgan fingerprint density at radius 2 is 2.00 bits per heavy atom. The van der Waals surface area contributed by atoms with Gasteiger partial charge in [0, 0.05) is 5.88 Å². The summed E-state index contributed by atoms with van der Waals surface area (Å²) in [6.45, 7) is 1.96. The maximum atomic E-state index is 5.55. The van der Waals surface area contributed by atoms with Crippen LogP contribution in [0.25, 0.3) is 0 Å². The Hall–Kier alpha value is 1.09. The van der Waals surface area contributed by atoms with Gasteiger partial charge in [-0.25, -0.2) is 0 Å². The molecule has 44 valence electrons. The third-order valence-electron chi connectivity index (χ3n) is 0.674. The first-order chi connectivity index (χ1) is 3.18. The van der Waals surface area contributed by atoms with Crippen LogP contribution in [0.15, 0.2) is 0 Å². The first-order valence-corrected chi connectivity index (χ1v) is 6.72. The topological polar surface area (TPSA) is 0 Å². The Morgan fingerprint density at radius 1 is 1.57 bits per heavy atom. The van der Waals surface area contributed by atoms with Crippen LogP contribution in [-0.2, 0) is 0 Å². The quantitative estimate of drug-likeness (QED) is 0.345. The largest absolute Gasteiger partial charge is 0.240 e. The molecule has 0 aliphatic rings. The lowest BCUT2D eigenvalue weighted by atomic mass is 10.6. The van der Waals surface area contributed by atoms with Gasteiger partial charge in [0.2, 0.25) is 7.42 Å². The highest BCUT2D eigenvalue weighted by Crippen LogP contribution is 2.16. The van der Waals surface area contributed by atoms with Crippen molar-refractivity contribution in [1.29, 1.82) is 0 Å². The van der Waals surface area contributed by atoms with Crippen molar-refractivity contribution in [2.24, 2.45) is 0 Å². The fourth-order valence-electron chi connectivity index (χ4n) is 0.0673. The van der Waals surface area contributed by atoms with Crippen LogP contribution >= 0.6 is 33.8 Å². The zero-order chi connectivity index (χ0) is 5.86. The van der Waals surface area contributed by atoms with Gasteiger partial charge in [-0.2, -0.15) is 22.2 Å². The number of hydrogen-bond acceptors (Lipinski definition) is 0. The molecule has 0 saturated heterocycles. The first kappa shape index (κ1) is 8.09. The summed E-state index contributed by atoms with van der Waals surface area (Å²) in [7, 11) is -1.45. The SMILES string of the molecule is CC(CCl)[SiH](Cl)Cl. The fourth-order valence-corrected chi connectivity index (χ4v) is 1.82. The third-order valence-corrected chi connectivity index (χ3v) is 5.14. The van der Waals surface area contributed by atoms with E-state index in [4.69, 9.17) is 33.8 Å². The van der Waals surface area contributed by atoms with Crippen LogP contribution in [0.2, 0.25) is 5.54 Å². The molecule has 0 aromatic carbocycles. The highest BCUT2D eigenvalue weighted by atomic mass is 35.7. The molecule has 0 spiro atoms. The lowest BCUT2D eigenvalue weighted by molar-refractivity contribution is 1.08. The molecule has 0 aliphatic heterocycles. The average Bonchev–Trinajstić information content (AvgIpc) is 1.65. The first-order valence-electron chi connectivity index (χ1n) is 2.02. The number of alkyl halides is 1. The van der Waals surface area contributed by atoms with Crippen LogP contribution < -0.4 is 0 Å². The average molecular weight is 178 g/mol. The van der Waals surface area contributed by atoms with Crippen LogP contribution in [0, 0.1) is 0 Å². The molecule has 0 amide bonds. The van der Waals surface area contributed by atoms with Gasteiger partial charge in [0.25, 0.3) is 0 Å². The van der Waals surface area contributed by atoms with E-state index in [2.05, 4.69) is 0 Å². The van der Waals surface area contributed by atoms with Gasteiger partial charge in [0.15, 0.2) is 0 Å². The van der Waals surface area contributed by atoms with E-state index in [-0.39, 0.29) is 0 Å². The summed E-state index contributed by atoms with van der Waals surface area (Å²) in [5.74, 6) is 0.587. The van der Waals surface area contributed by atoms with E-state index in [0.29, 0.717) is 11.4 Å². The molecule has 0 aromatic heterocycles. The van der Waals surface area contributed by atoms with E-state index in [9.17, 15) is 0 Å². The van der Waals surface area contributed by atoms with Gasteiger partial charge in [-0.1, -0.05) is 6.92 Å². The monoisotopic (exact) mass is 176 g/mol. The third kappa shape index (κ3) is 3.65. The molecule has 0 fully saturated rings. The van der Waals surface area contributed by atoms with Gasteiger partial charge in [0.1, 0.15) is 0 Å². The maximum absolute atomic E-state index is 5.55. The lowest BCUT2D eigenvalue weighted by Gasteiger charge is -2.02. The van der Waals surface area contributed by atoms with Crippen molar-refractivity contribution in [1.82, 2.24) is 0 Å². The Balaban J connectivity index is 3.14. The van der Waals surface area contributed by atoms with E-state index in [0.717, 1.165) is 0 Å². The molecule has 1 unspecified atom stereocenters. The van der Waals surface area contributed by atoms with Crippen molar-refractivity contribution >= 4 is 41.2 Å². The van der Waals surface area contributed by atoms with Crippen LogP contribution in [-0.4, -0.2) is 13.3 Å². The summed E-state index contributed by atoms with van der Waals surface area (Å²) >= 11 is 16.5. The molecule has 1 atom stereocenters. The van der Waals surface area contributed by atoms with Gasteiger partial charge in [-0.3, -0.25) is 0 Å². The van der Waals surface area contributed by atoms with Gasteiger partial charge < -0.3 is 0 Å². The molecule has 0 heterocycles. The van der Waals surface area contributed by atoms with E-state index in [1.165, 1.54) is 0 Å². The van der Waals surface area contributed by atoms with Crippen molar-refractivity contribution < 1.29 is 0 Å². The summed E-state index contributed by atoms with van der Waals surface area (Å²) in [5.41, 5.74) is 0.338. The lowest BCUT2D eigenvalue weighted by Crippen LogP contribution is -2.03. The molecule has 0 radical (unpaired) electrons. The minimum absolute atomic E-state index is 0.338. The van der Waals surface area contributed by atoms with E-state index >= 15 is 0 Å². The molecule has 0 aliphatic carbocycles. The van der Waals surface area contributed by atoms with Gasteiger partial charge in [-0.05, 0) is 5.54 Å². The summed E-state index contributed by atoms with van der Waals surface area (Å²) in [6, 6.07) is 0. The molecule has 0 nitrogen and oxygen atoms in total. The normalized spacial score (nSPS) is 15.0. The fraction of sp³-hybridized carbons (Fsp3) is 1.00. The maximum Gasteiger partial charge on any atom is 0.240 e. The van der Waals surface area contributed by atoms with Crippen LogP contribution in [0.4, 0.5) is 0 Å². The van der Waals surface area contributed by atoms with Gasteiger partial charge in [-0.15, -0.1) is 11.6 Å². The zero-order valence-electron chi connectivity index (χ0n) is 4.00. The molecule has 7 heavy (non-hydrogen) atoms. The minimum Gasteiger partial charge on any atom is -0.150 e. The smallest absolute Gasteiger partial charge is 0.150 e. The van der Waals surface area contributed by atoms with Crippen LogP contribution in [0.3, 0.4) is 0 Å². The van der Waals surface area contributed by atoms with Crippen molar-refractivity contribution in [3.63, 3.8) is 0 Å². The Labute approximate surface area is 59.8 Å². The second-order valence-corrected chi connectivity index (χ2v) is 7.07. The second kappa shape index (κ2) is 4.01. The van der Waals surface area contributed by atoms with Crippen LogP contribution in [0.5, 0.6) is 0 Å². The predicted molar refractivity (Wildman–Crippen MR) is 39.0 cm³/mol. The highest BCUT2D eigenvalue weighted by Gasteiger charge is 2.10. The summed E-state index contributed by atoms with van der Waals surface area (Å²) < 4.78 is 0. The van der Waals surface area contributed by atoms with Crippen molar-refractivity contribution in [3.05, 3.63) is 0 Å². The predicted octanol–water partition coefficient (Wildman–Crippen LogP) is 2.31. The number of rotatable bonds is 2. The zero-order valence-corrected chi connectivity index (χ0v) is 7.42. The molecule has 4 heteroatoms. The highest BCUT2D eigenvalue weighted by molar-refractivity contribution is 7.34. The molecular formula is C3H7Cl3Si. The molecule has 0 N–H and O–H groups in total. The minimum atomic E-state index is -1.45. The molecule has 0 rings (SSSR count). The Bertz CT molecular complexity index is 47.4. The molecule has 0 saturated carbocycles. The molecule has 0 aromatic rings. The standard InChI is InChI=1S/C3H7Cl3Si/c1-3(2-4)7(5)6/h3,7H,2H2,1H3. The van der Waals surface area contributed by atoms with Crippen molar-refractivity contribution in [2.45, 2.75) is 12.5 Å². The molecule has 0 bridgehead atoms. The summed E-state index contributed by atoms with van der Waals surface area (Å²) in [5, 5.41) is 0. The van der Waals surface area contributed by atoms with Gasteiger partial charge >= 0.3 is 0 Å². The van der Waals surface area contributed by atoms with Crippen molar-refractivity contribution in [3.8, 4) is 0 Å². The number of halogens is 3. The summed E-state index contributed by atoms with van der Waals surface area (Å²) in [6.07, 6.45) is 0. The summed E-state index contributed by atoms with van der Waals surface area (Å²) in [4.78, 5) is 0. The van der Waals surface area contributed by atoms with Crippen LogP contribution in [0.1, 0.15) is 6.92 Å². The van der Waals surface area contributed by atoms with E-state index in [1.807, 2.05) is 6.92 Å². The molecular weight excluding hydrogens is 170 g/mol. The Kier molecular flexibility index (Phi) is 4.64. The Morgan fingerprint density at radius 3 is 2.00 bits per heavy atom. The van der Waals surface area contributed by atoms with Crippen molar-refractivity contribution in [2.75, 3.05) is 5.88 Å². The second-order valence-electron chi connectivity index (χ2n) is 1.47.